The van der Waals surface area contributed by atoms with Gasteiger partial charge >= 0.3 is 11.7 Å². The summed E-state index contributed by atoms with van der Waals surface area (Å²) in [6.45, 7) is -0.255. The summed E-state index contributed by atoms with van der Waals surface area (Å²) in [5.74, 6) is -1.72. The number of carbonyl (C=O) groups is 1. The van der Waals surface area contributed by atoms with Gasteiger partial charge in [0.05, 0.1) is 29.6 Å². The Hall–Kier alpha value is -4.70. The molecule has 0 saturated heterocycles. The lowest BCUT2D eigenvalue weighted by atomic mass is 10.1. The molecule has 2 N–H and O–H groups in total. The average Bonchev–Trinajstić information content (AvgIpc) is 3.35. The van der Waals surface area contributed by atoms with Gasteiger partial charge in [0.2, 0.25) is 0 Å². The molecule has 11 nitrogen and oxygen atoms in total. The maximum atomic E-state index is 14.9. The van der Waals surface area contributed by atoms with E-state index in [4.69, 9.17) is 0 Å². The van der Waals surface area contributed by atoms with E-state index in [0.29, 0.717) is 21.7 Å². The number of carbonyl (C=O) groups excluding carboxylic acids is 1. The van der Waals surface area contributed by atoms with Gasteiger partial charge in [-0.1, -0.05) is 18.2 Å². The molecule has 5 aromatic rings. The number of anilines is 1. The lowest BCUT2D eigenvalue weighted by Crippen LogP contribution is -2.39. The number of thiophene rings is 1. The number of urea groups is 1. The molecular weight excluding hydrogens is 641 g/mol. The zero-order valence-corrected chi connectivity index (χ0v) is 26.8. The van der Waals surface area contributed by atoms with E-state index >= 15 is 0 Å². The molecule has 15 heteroatoms. The van der Waals surface area contributed by atoms with Crippen molar-refractivity contribution in [3.05, 3.63) is 110 Å². The number of aromatic nitrogens is 2. The molecule has 2 heterocycles. The van der Waals surface area contributed by atoms with Gasteiger partial charge in [-0.2, -0.15) is 0 Å². The van der Waals surface area contributed by atoms with E-state index in [2.05, 4.69) is 15.6 Å². The first-order valence-corrected chi connectivity index (χ1v) is 16.4. The normalized spacial score (nSPS) is 11.7. The summed E-state index contributed by atoms with van der Waals surface area (Å²) in [5.41, 5.74) is 2.03. The molecule has 46 heavy (non-hydrogen) atoms. The number of hydroxylamine groups is 1. The van der Waals surface area contributed by atoms with Crippen molar-refractivity contribution in [2.75, 3.05) is 32.8 Å². The van der Waals surface area contributed by atoms with Crippen LogP contribution in [0.15, 0.2) is 81.2 Å². The third-order valence-electron chi connectivity index (χ3n) is 7.05. The predicted molar refractivity (Wildman–Crippen MR) is 172 cm³/mol. The van der Waals surface area contributed by atoms with Crippen molar-refractivity contribution in [3.63, 3.8) is 0 Å². The second-order valence-corrected chi connectivity index (χ2v) is 13.7. The van der Waals surface area contributed by atoms with Crippen LogP contribution in [0.25, 0.3) is 26.3 Å². The summed E-state index contributed by atoms with van der Waals surface area (Å²) < 4.78 is 56.0. The Labute approximate surface area is 266 Å². The highest BCUT2D eigenvalue weighted by Crippen LogP contribution is 2.38. The number of sulfone groups is 1. The number of hydrogen-bond donors (Lipinski definition) is 2. The summed E-state index contributed by atoms with van der Waals surface area (Å²) in [5, 5.41) is 2.78. The molecule has 0 saturated carbocycles. The molecule has 2 aromatic heterocycles. The SMILES string of the molecule is CONC(=O)Nc1ccc(-c2sc3c(c2CN(C)C)c(=O)n(-c2ccc(S(C)(=O)=O)cc2)c(=O)n3Cc2c(F)cccc2F)cc1. The van der Waals surface area contributed by atoms with Crippen molar-refractivity contribution in [2.24, 2.45) is 0 Å². The maximum absolute atomic E-state index is 14.9. The number of hydrogen-bond acceptors (Lipinski definition) is 8. The van der Waals surface area contributed by atoms with Gasteiger partial charge in [-0.25, -0.2) is 36.8 Å². The fourth-order valence-corrected chi connectivity index (χ4v) is 6.91. The van der Waals surface area contributed by atoms with Crippen molar-refractivity contribution < 1.29 is 26.8 Å². The first-order chi connectivity index (χ1) is 21.8. The van der Waals surface area contributed by atoms with E-state index in [-0.39, 0.29) is 32.9 Å². The van der Waals surface area contributed by atoms with E-state index in [9.17, 15) is 31.6 Å². The van der Waals surface area contributed by atoms with Crippen LogP contribution in [0.3, 0.4) is 0 Å². The highest BCUT2D eigenvalue weighted by atomic mass is 32.2. The van der Waals surface area contributed by atoms with Crippen LogP contribution in [0.4, 0.5) is 19.3 Å². The number of nitrogens with one attached hydrogen (secondary N) is 2. The number of halogens is 2. The molecule has 3 aromatic carbocycles. The molecule has 0 atom stereocenters. The fraction of sp³-hybridized carbons (Fsp3) is 0.194. The minimum absolute atomic E-state index is 0.0112. The molecule has 240 valence electrons. The van der Waals surface area contributed by atoms with Crippen LogP contribution < -0.4 is 22.0 Å². The lowest BCUT2D eigenvalue weighted by molar-refractivity contribution is 0.114. The van der Waals surface area contributed by atoms with Crippen LogP contribution in [-0.4, -0.2) is 55.9 Å². The Balaban J connectivity index is 1.80. The van der Waals surface area contributed by atoms with Crippen molar-refractivity contribution in [3.8, 4) is 16.1 Å². The van der Waals surface area contributed by atoms with Gasteiger partial charge in [0, 0.05) is 28.9 Å². The molecule has 0 aliphatic heterocycles. The number of benzene rings is 3. The first kappa shape index (κ1) is 32.7. The third kappa shape index (κ3) is 6.48. The van der Waals surface area contributed by atoms with Crippen molar-refractivity contribution in [1.82, 2.24) is 19.5 Å². The average molecular weight is 670 g/mol. The van der Waals surface area contributed by atoms with E-state index in [0.717, 1.165) is 38.9 Å². The van der Waals surface area contributed by atoms with E-state index in [1.807, 2.05) is 19.0 Å². The minimum Gasteiger partial charge on any atom is -0.306 e. The van der Waals surface area contributed by atoms with E-state index in [1.54, 1.807) is 24.3 Å². The molecule has 0 fully saturated rings. The van der Waals surface area contributed by atoms with Gasteiger partial charge in [0.15, 0.2) is 9.84 Å². The van der Waals surface area contributed by atoms with Gasteiger partial charge in [0.25, 0.3) is 5.56 Å². The molecule has 5 rings (SSSR count). The number of fused-ring (bicyclic) bond motifs is 1. The first-order valence-electron chi connectivity index (χ1n) is 13.7. The summed E-state index contributed by atoms with van der Waals surface area (Å²) >= 11 is 1.12. The van der Waals surface area contributed by atoms with E-state index in [1.165, 1.54) is 37.4 Å². The van der Waals surface area contributed by atoms with Crippen LogP contribution >= 0.6 is 11.3 Å². The Kier molecular flexibility index (Phi) is 9.21. The Bertz CT molecular complexity index is 2150. The molecule has 0 bridgehead atoms. The van der Waals surface area contributed by atoms with Crippen molar-refractivity contribution in [2.45, 2.75) is 18.0 Å². The summed E-state index contributed by atoms with van der Waals surface area (Å²) in [6.07, 6.45) is 1.04. The largest absolute Gasteiger partial charge is 0.343 e. The van der Waals surface area contributed by atoms with Crippen LogP contribution in [0.2, 0.25) is 0 Å². The van der Waals surface area contributed by atoms with Crippen molar-refractivity contribution in [1.29, 1.82) is 0 Å². The smallest absolute Gasteiger partial charge is 0.306 e. The predicted octanol–water partition coefficient (Wildman–Crippen LogP) is 4.36. The molecule has 0 radical (unpaired) electrons. The second kappa shape index (κ2) is 13.0. The summed E-state index contributed by atoms with van der Waals surface area (Å²) in [7, 11) is 1.35. The number of rotatable bonds is 9. The number of amides is 2. The monoisotopic (exact) mass is 669 g/mol. The topological polar surface area (TPSA) is 132 Å². The molecule has 0 aliphatic rings. The maximum Gasteiger partial charge on any atom is 0.343 e. The summed E-state index contributed by atoms with van der Waals surface area (Å²) in [4.78, 5) is 47.5. The Morgan fingerprint density at radius 1 is 0.957 bits per heavy atom. The van der Waals surface area contributed by atoms with Crippen LogP contribution in [-0.2, 0) is 27.8 Å². The highest BCUT2D eigenvalue weighted by molar-refractivity contribution is 7.90. The molecular formula is C31H29F2N5O6S2. The second-order valence-electron chi connectivity index (χ2n) is 10.6. The molecule has 0 spiro atoms. The highest BCUT2D eigenvalue weighted by Gasteiger charge is 2.25. The molecule has 0 unspecified atom stereocenters. The molecule has 2 amide bonds. The summed E-state index contributed by atoms with van der Waals surface area (Å²) in [6, 6.07) is 14.8. The fourth-order valence-electron chi connectivity index (χ4n) is 4.97. The third-order valence-corrected chi connectivity index (χ3v) is 9.48. The quantitative estimate of drug-likeness (QED) is 0.223. The van der Waals surface area contributed by atoms with Crippen LogP contribution in [0, 0.1) is 11.6 Å². The zero-order valence-electron chi connectivity index (χ0n) is 25.1. The van der Waals surface area contributed by atoms with Crippen LogP contribution in [0.5, 0.6) is 0 Å². The van der Waals surface area contributed by atoms with Gasteiger partial charge in [-0.15, -0.1) is 11.3 Å². The number of nitrogens with zero attached hydrogens (tertiary/aromatic N) is 3. The minimum atomic E-state index is -3.57. The van der Waals surface area contributed by atoms with Gasteiger partial charge in [-0.05, 0) is 73.8 Å². The van der Waals surface area contributed by atoms with Gasteiger partial charge < -0.3 is 10.2 Å². The lowest BCUT2D eigenvalue weighted by Gasteiger charge is -2.15. The van der Waals surface area contributed by atoms with Crippen LogP contribution in [0.1, 0.15) is 11.1 Å². The standard InChI is InChI=1S/C31H29F2N5O6S2/c1-36(2)16-23-26-28(39)38(20-12-14-21(15-13-20)46(4,42)43)31(41)37(17-22-24(32)6-5-7-25(22)33)29(26)45-27(23)18-8-10-19(11-9-18)34-30(40)35-44-3/h5-15H,16-17H2,1-4H3,(H2,34,35,40). The van der Waals surface area contributed by atoms with Gasteiger partial charge in [0.1, 0.15) is 16.5 Å². The zero-order chi connectivity index (χ0) is 33.3. The van der Waals surface area contributed by atoms with Crippen molar-refractivity contribution >= 4 is 43.1 Å². The Morgan fingerprint density at radius 3 is 2.15 bits per heavy atom. The van der Waals surface area contributed by atoms with Gasteiger partial charge in [-0.3, -0.25) is 14.2 Å². The van der Waals surface area contributed by atoms with E-state index < -0.39 is 45.3 Å². The molecule has 0 aliphatic carbocycles. The Morgan fingerprint density at radius 2 is 1.59 bits per heavy atom.